The van der Waals surface area contributed by atoms with Crippen molar-refractivity contribution in [3.63, 3.8) is 0 Å². The average Bonchev–Trinajstić information content (AvgIpc) is 2.38. The van der Waals surface area contributed by atoms with E-state index in [-0.39, 0.29) is 5.41 Å². The number of allylic oxidation sites excluding steroid dienone is 5. The molecular formula is C15H14N2. The van der Waals surface area contributed by atoms with Crippen molar-refractivity contribution >= 4 is 6.08 Å². The summed E-state index contributed by atoms with van der Waals surface area (Å²) in [5.74, 6) is 0. The molecule has 0 saturated carbocycles. The minimum Gasteiger partial charge on any atom is -0.257 e. The lowest BCUT2D eigenvalue weighted by Crippen LogP contribution is -2.12. The van der Waals surface area contributed by atoms with Crippen LogP contribution in [-0.2, 0) is 0 Å². The van der Waals surface area contributed by atoms with Gasteiger partial charge in [-0.2, -0.15) is 5.26 Å². The molecule has 0 aromatic carbocycles. The van der Waals surface area contributed by atoms with Gasteiger partial charge in [0.15, 0.2) is 0 Å². The molecule has 0 fully saturated rings. The second-order valence-electron chi connectivity index (χ2n) is 4.39. The van der Waals surface area contributed by atoms with E-state index in [1.54, 1.807) is 6.20 Å². The Labute approximate surface area is 102 Å². The molecule has 0 bridgehead atoms. The number of hydrogen-bond acceptors (Lipinski definition) is 2. The van der Waals surface area contributed by atoms with Crippen LogP contribution < -0.4 is 0 Å². The first kappa shape index (κ1) is 11.3. The molecule has 2 heteroatoms. The van der Waals surface area contributed by atoms with Gasteiger partial charge in [-0.05, 0) is 37.1 Å². The molecule has 84 valence electrons. The number of pyridine rings is 1. The van der Waals surface area contributed by atoms with Gasteiger partial charge < -0.3 is 0 Å². The lowest BCUT2D eigenvalue weighted by Gasteiger charge is -2.20. The molecule has 0 aliphatic heterocycles. The van der Waals surface area contributed by atoms with Crippen molar-refractivity contribution in [3.05, 3.63) is 60.0 Å². The molecule has 0 amide bonds. The van der Waals surface area contributed by atoms with E-state index in [1.807, 2.05) is 55.5 Å². The number of aromatic nitrogens is 1. The lowest BCUT2D eigenvalue weighted by atomic mass is 9.81. The third-order valence-corrected chi connectivity index (χ3v) is 2.76. The molecular weight excluding hydrogens is 208 g/mol. The first-order chi connectivity index (χ1) is 8.22. The van der Waals surface area contributed by atoms with Gasteiger partial charge in [-0.15, -0.1) is 0 Å². The Bertz CT molecular complexity index is 518. The zero-order valence-electron chi connectivity index (χ0n) is 9.80. The van der Waals surface area contributed by atoms with Crippen molar-refractivity contribution < 1.29 is 0 Å². The summed E-state index contributed by atoms with van der Waals surface area (Å²) in [4.78, 5) is 4.22. The standard InChI is InChI=1S/C15H14N2/c1-15(12-16)9-4-5-13(11-15)7-8-14-6-2-3-10-17-14/h2-10H,11H2,1H3/b8-7+. The molecule has 0 N–H and O–H groups in total. The second kappa shape index (κ2) is 4.80. The third kappa shape index (κ3) is 2.92. The summed E-state index contributed by atoms with van der Waals surface area (Å²) in [6.07, 6.45) is 12.5. The van der Waals surface area contributed by atoms with Gasteiger partial charge in [-0.3, -0.25) is 4.98 Å². The SMILES string of the molecule is CC1(C#N)C=CC=C(/C=C/c2ccccn2)C1. The van der Waals surface area contributed by atoms with Crippen LogP contribution >= 0.6 is 0 Å². The molecule has 1 aromatic rings. The minimum atomic E-state index is -0.376. The molecule has 2 nitrogen and oxygen atoms in total. The predicted octanol–water partition coefficient (Wildman–Crippen LogP) is 3.51. The molecule has 0 saturated heterocycles. The molecule has 1 aromatic heterocycles. The normalized spacial score (nSPS) is 23.4. The van der Waals surface area contributed by atoms with Crippen LogP contribution in [0.4, 0.5) is 0 Å². The topological polar surface area (TPSA) is 36.7 Å². The van der Waals surface area contributed by atoms with E-state index in [0.29, 0.717) is 0 Å². The fraction of sp³-hybridized carbons (Fsp3) is 0.200. The first-order valence-electron chi connectivity index (χ1n) is 5.61. The molecule has 1 unspecified atom stereocenters. The summed E-state index contributed by atoms with van der Waals surface area (Å²) in [5.41, 5.74) is 1.71. The number of rotatable bonds is 2. The molecule has 1 aliphatic rings. The highest BCUT2D eigenvalue weighted by Gasteiger charge is 2.22. The maximum atomic E-state index is 9.09. The summed E-state index contributed by atoms with van der Waals surface area (Å²) in [5, 5.41) is 9.09. The highest BCUT2D eigenvalue weighted by Crippen LogP contribution is 2.30. The summed E-state index contributed by atoms with van der Waals surface area (Å²) in [7, 11) is 0. The van der Waals surface area contributed by atoms with E-state index in [9.17, 15) is 0 Å². The van der Waals surface area contributed by atoms with Gasteiger partial charge in [0.1, 0.15) is 0 Å². The van der Waals surface area contributed by atoms with Crippen LogP contribution in [0, 0.1) is 16.7 Å². The number of hydrogen-bond donors (Lipinski definition) is 0. The summed E-state index contributed by atoms with van der Waals surface area (Å²) in [6, 6.07) is 8.14. The Balaban J connectivity index is 2.12. The fourth-order valence-electron chi connectivity index (χ4n) is 1.78. The molecule has 17 heavy (non-hydrogen) atoms. The van der Waals surface area contributed by atoms with E-state index < -0.39 is 0 Å². The van der Waals surface area contributed by atoms with Crippen LogP contribution in [-0.4, -0.2) is 4.98 Å². The van der Waals surface area contributed by atoms with Crippen LogP contribution in [0.3, 0.4) is 0 Å². The highest BCUT2D eigenvalue weighted by molar-refractivity contribution is 5.50. The van der Waals surface area contributed by atoms with E-state index in [0.717, 1.165) is 17.7 Å². The van der Waals surface area contributed by atoms with E-state index in [2.05, 4.69) is 11.1 Å². The van der Waals surface area contributed by atoms with Crippen molar-refractivity contribution in [2.24, 2.45) is 5.41 Å². The monoisotopic (exact) mass is 222 g/mol. The Kier molecular flexibility index (Phi) is 3.20. The zero-order chi connectivity index (χ0) is 12.1. The van der Waals surface area contributed by atoms with Crippen molar-refractivity contribution in [1.29, 1.82) is 5.26 Å². The van der Waals surface area contributed by atoms with Gasteiger partial charge in [-0.25, -0.2) is 0 Å². The highest BCUT2D eigenvalue weighted by atomic mass is 14.6. The van der Waals surface area contributed by atoms with E-state index in [4.69, 9.17) is 5.26 Å². The van der Waals surface area contributed by atoms with Gasteiger partial charge in [0.2, 0.25) is 0 Å². The predicted molar refractivity (Wildman–Crippen MR) is 68.8 cm³/mol. The van der Waals surface area contributed by atoms with Crippen molar-refractivity contribution in [2.45, 2.75) is 13.3 Å². The van der Waals surface area contributed by atoms with Gasteiger partial charge in [0.25, 0.3) is 0 Å². The van der Waals surface area contributed by atoms with Crippen molar-refractivity contribution in [3.8, 4) is 6.07 Å². The summed E-state index contributed by atoms with van der Waals surface area (Å²) >= 11 is 0. The van der Waals surface area contributed by atoms with Gasteiger partial charge in [0.05, 0.1) is 17.2 Å². The first-order valence-corrected chi connectivity index (χ1v) is 5.61. The third-order valence-electron chi connectivity index (χ3n) is 2.76. The quantitative estimate of drug-likeness (QED) is 0.767. The van der Waals surface area contributed by atoms with Crippen LogP contribution in [0.25, 0.3) is 6.08 Å². The number of nitrogens with zero attached hydrogens (tertiary/aromatic N) is 2. The fourth-order valence-corrected chi connectivity index (χ4v) is 1.78. The average molecular weight is 222 g/mol. The summed E-state index contributed by atoms with van der Waals surface area (Å²) in [6.45, 7) is 1.95. The molecule has 0 radical (unpaired) electrons. The second-order valence-corrected chi connectivity index (χ2v) is 4.39. The number of nitriles is 1. The van der Waals surface area contributed by atoms with Gasteiger partial charge in [0, 0.05) is 6.20 Å². The molecule has 1 atom stereocenters. The van der Waals surface area contributed by atoms with Gasteiger partial charge >= 0.3 is 0 Å². The Hall–Kier alpha value is -2.14. The minimum absolute atomic E-state index is 0.376. The maximum absolute atomic E-state index is 9.09. The molecule has 1 heterocycles. The van der Waals surface area contributed by atoms with Crippen LogP contribution in [0.2, 0.25) is 0 Å². The Morgan fingerprint density at radius 3 is 3.00 bits per heavy atom. The molecule has 0 spiro atoms. The van der Waals surface area contributed by atoms with Crippen LogP contribution in [0.15, 0.2) is 54.3 Å². The van der Waals surface area contributed by atoms with Crippen molar-refractivity contribution in [2.75, 3.05) is 0 Å². The van der Waals surface area contributed by atoms with Crippen LogP contribution in [0.1, 0.15) is 19.0 Å². The molecule has 1 aliphatic carbocycles. The molecule has 2 rings (SSSR count). The largest absolute Gasteiger partial charge is 0.257 e. The van der Waals surface area contributed by atoms with E-state index >= 15 is 0 Å². The zero-order valence-corrected chi connectivity index (χ0v) is 9.80. The van der Waals surface area contributed by atoms with Crippen molar-refractivity contribution in [1.82, 2.24) is 4.98 Å². The maximum Gasteiger partial charge on any atom is 0.0768 e. The van der Waals surface area contributed by atoms with Gasteiger partial charge in [-0.1, -0.05) is 30.4 Å². The summed E-state index contributed by atoms with van der Waals surface area (Å²) < 4.78 is 0. The smallest absolute Gasteiger partial charge is 0.0768 e. The Morgan fingerprint density at radius 2 is 2.29 bits per heavy atom. The van der Waals surface area contributed by atoms with Crippen LogP contribution in [0.5, 0.6) is 0 Å². The Morgan fingerprint density at radius 1 is 1.41 bits per heavy atom. The van der Waals surface area contributed by atoms with E-state index in [1.165, 1.54) is 0 Å². The lowest BCUT2D eigenvalue weighted by molar-refractivity contribution is 0.561.